The predicted molar refractivity (Wildman–Crippen MR) is 71.5 cm³/mol. The average Bonchev–Trinajstić information content (AvgIpc) is 2.78. The Labute approximate surface area is 115 Å². The number of aldehydes is 1. The van der Waals surface area contributed by atoms with Crippen LogP contribution in [0.25, 0.3) is 11.3 Å². The van der Waals surface area contributed by atoms with Crippen LogP contribution in [0.2, 0.25) is 0 Å². The standard InChI is InChI=1S/C12H8Br2O3/c1-16-12-4-8(9(13)5-10(12)14)11-3-2-7(6-15)17-11/h2-6H,1H3. The van der Waals surface area contributed by atoms with Gasteiger partial charge in [0.1, 0.15) is 11.5 Å². The lowest BCUT2D eigenvalue weighted by Crippen LogP contribution is -1.86. The Kier molecular flexibility index (Phi) is 3.69. The van der Waals surface area contributed by atoms with Crippen LogP contribution in [0.4, 0.5) is 0 Å². The fourth-order valence-electron chi connectivity index (χ4n) is 1.44. The summed E-state index contributed by atoms with van der Waals surface area (Å²) in [4.78, 5) is 10.6. The largest absolute Gasteiger partial charge is 0.496 e. The molecule has 0 bridgehead atoms. The van der Waals surface area contributed by atoms with Crippen LogP contribution < -0.4 is 4.74 Å². The van der Waals surface area contributed by atoms with Crippen LogP contribution in [0.5, 0.6) is 5.75 Å². The summed E-state index contributed by atoms with van der Waals surface area (Å²) in [6, 6.07) is 7.08. The summed E-state index contributed by atoms with van der Waals surface area (Å²) in [6.07, 6.45) is 0.674. The van der Waals surface area contributed by atoms with Gasteiger partial charge < -0.3 is 9.15 Å². The molecule has 1 aromatic carbocycles. The molecule has 0 aliphatic rings. The van der Waals surface area contributed by atoms with E-state index in [9.17, 15) is 4.79 Å². The normalized spacial score (nSPS) is 10.3. The Morgan fingerprint density at radius 2 is 2.00 bits per heavy atom. The highest BCUT2D eigenvalue weighted by molar-refractivity contribution is 9.11. The molecule has 1 aromatic heterocycles. The minimum absolute atomic E-state index is 0.300. The van der Waals surface area contributed by atoms with Gasteiger partial charge in [-0.25, -0.2) is 0 Å². The number of hydrogen-bond acceptors (Lipinski definition) is 3. The second-order valence-corrected chi connectivity index (χ2v) is 5.00. The summed E-state index contributed by atoms with van der Waals surface area (Å²) >= 11 is 6.84. The zero-order valence-corrected chi connectivity index (χ0v) is 12.0. The van der Waals surface area contributed by atoms with E-state index in [0.29, 0.717) is 23.6 Å². The molecule has 0 unspecified atom stereocenters. The Hall–Kier alpha value is -1.07. The molecule has 1 heterocycles. The molecule has 5 heteroatoms. The molecular formula is C12H8Br2O3. The van der Waals surface area contributed by atoms with E-state index in [-0.39, 0.29) is 0 Å². The van der Waals surface area contributed by atoms with Crippen LogP contribution in [-0.2, 0) is 0 Å². The van der Waals surface area contributed by atoms with Crippen LogP contribution in [0.15, 0.2) is 37.6 Å². The highest BCUT2D eigenvalue weighted by atomic mass is 79.9. The highest BCUT2D eigenvalue weighted by Gasteiger charge is 2.12. The predicted octanol–water partition coefficient (Wildman–Crippen LogP) is 4.29. The SMILES string of the molecule is COc1cc(-c2ccc(C=O)o2)c(Br)cc1Br. The maximum absolute atomic E-state index is 10.6. The van der Waals surface area contributed by atoms with Crippen LogP contribution >= 0.6 is 31.9 Å². The lowest BCUT2D eigenvalue weighted by molar-refractivity contribution is 0.110. The van der Waals surface area contributed by atoms with Gasteiger partial charge in [0, 0.05) is 10.0 Å². The third-order valence-corrected chi connectivity index (χ3v) is 3.53. The third kappa shape index (κ3) is 2.45. The zero-order chi connectivity index (χ0) is 12.4. The van der Waals surface area contributed by atoms with Gasteiger partial charge in [0.2, 0.25) is 0 Å². The van der Waals surface area contributed by atoms with E-state index in [0.717, 1.165) is 14.5 Å². The Bertz CT molecular complexity index is 561. The smallest absolute Gasteiger partial charge is 0.185 e. The molecule has 0 amide bonds. The fourth-order valence-corrected chi connectivity index (χ4v) is 2.79. The number of halogens is 2. The van der Waals surface area contributed by atoms with E-state index < -0.39 is 0 Å². The van der Waals surface area contributed by atoms with E-state index in [1.807, 2.05) is 12.1 Å². The number of carbonyl (C=O) groups is 1. The first-order chi connectivity index (χ1) is 8.15. The van der Waals surface area contributed by atoms with Crippen molar-refractivity contribution in [2.75, 3.05) is 7.11 Å². The van der Waals surface area contributed by atoms with Crippen molar-refractivity contribution >= 4 is 38.1 Å². The van der Waals surface area contributed by atoms with Crippen molar-refractivity contribution in [3.8, 4) is 17.1 Å². The van der Waals surface area contributed by atoms with Crippen molar-refractivity contribution in [3.05, 3.63) is 39.0 Å². The van der Waals surface area contributed by atoms with E-state index in [2.05, 4.69) is 31.9 Å². The number of methoxy groups -OCH3 is 1. The van der Waals surface area contributed by atoms with Gasteiger partial charge in [-0.05, 0) is 56.1 Å². The van der Waals surface area contributed by atoms with Crippen LogP contribution in [0, 0.1) is 0 Å². The molecule has 0 saturated carbocycles. The molecule has 2 rings (SSSR count). The quantitative estimate of drug-likeness (QED) is 0.767. The number of hydrogen-bond donors (Lipinski definition) is 0. The first-order valence-electron chi connectivity index (χ1n) is 4.74. The maximum Gasteiger partial charge on any atom is 0.185 e. The molecule has 0 aliphatic heterocycles. The Morgan fingerprint density at radius 1 is 1.24 bits per heavy atom. The number of rotatable bonds is 3. The van der Waals surface area contributed by atoms with Gasteiger partial charge in [-0.2, -0.15) is 0 Å². The van der Waals surface area contributed by atoms with Crippen LogP contribution in [-0.4, -0.2) is 13.4 Å². The second kappa shape index (κ2) is 5.06. The van der Waals surface area contributed by atoms with E-state index >= 15 is 0 Å². The number of ether oxygens (including phenoxy) is 1. The van der Waals surface area contributed by atoms with E-state index in [1.54, 1.807) is 19.2 Å². The monoisotopic (exact) mass is 358 g/mol. The molecule has 17 heavy (non-hydrogen) atoms. The molecule has 0 saturated heterocycles. The lowest BCUT2D eigenvalue weighted by atomic mass is 10.1. The van der Waals surface area contributed by atoms with Gasteiger partial charge >= 0.3 is 0 Å². The minimum Gasteiger partial charge on any atom is -0.496 e. The van der Waals surface area contributed by atoms with E-state index in [4.69, 9.17) is 9.15 Å². The summed E-state index contributed by atoms with van der Waals surface area (Å²) in [5.74, 6) is 1.62. The second-order valence-electron chi connectivity index (χ2n) is 3.29. The molecule has 0 radical (unpaired) electrons. The topological polar surface area (TPSA) is 39.4 Å². The molecule has 0 spiro atoms. The molecular weight excluding hydrogens is 352 g/mol. The van der Waals surface area contributed by atoms with Crippen LogP contribution in [0.1, 0.15) is 10.6 Å². The molecule has 88 valence electrons. The van der Waals surface area contributed by atoms with Crippen molar-refractivity contribution in [2.45, 2.75) is 0 Å². The van der Waals surface area contributed by atoms with Crippen molar-refractivity contribution < 1.29 is 13.9 Å². The summed E-state index contributed by atoms with van der Waals surface area (Å²) in [7, 11) is 1.59. The molecule has 0 N–H and O–H groups in total. The summed E-state index contributed by atoms with van der Waals surface area (Å²) in [5.41, 5.74) is 0.832. The van der Waals surface area contributed by atoms with Gasteiger partial charge in [0.15, 0.2) is 12.0 Å². The summed E-state index contributed by atoms with van der Waals surface area (Å²) in [6.45, 7) is 0. The van der Waals surface area contributed by atoms with Crippen molar-refractivity contribution in [1.29, 1.82) is 0 Å². The van der Waals surface area contributed by atoms with Crippen molar-refractivity contribution in [1.82, 2.24) is 0 Å². The molecule has 0 fully saturated rings. The number of carbonyl (C=O) groups excluding carboxylic acids is 1. The van der Waals surface area contributed by atoms with Gasteiger partial charge in [-0.1, -0.05) is 0 Å². The van der Waals surface area contributed by atoms with Gasteiger partial charge in [-0.3, -0.25) is 4.79 Å². The lowest BCUT2D eigenvalue weighted by Gasteiger charge is -2.07. The van der Waals surface area contributed by atoms with E-state index in [1.165, 1.54) is 0 Å². The maximum atomic E-state index is 10.6. The zero-order valence-electron chi connectivity index (χ0n) is 8.87. The first kappa shape index (κ1) is 12.4. The third-order valence-electron chi connectivity index (χ3n) is 2.25. The highest BCUT2D eigenvalue weighted by Crippen LogP contribution is 2.37. The van der Waals surface area contributed by atoms with Gasteiger partial charge in [0.25, 0.3) is 0 Å². The molecule has 0 aliphatic carbocycles. The average molecular weight is 360 g/mol. The number of benzene rings is 1. The Balaban J connectivity index is 2.54. The molecule has 3 nitrogen and oxygen atoms in total. The van der Waals surface area contributed by atoms with Crippen molar-refractivity contribution in [3.63, 3.8) is 0 Å². The first-order valence-corrected chi connectivity index (χ1v) is 6.32. The number of furan rings is 1. The van der Waals surface area contributed by atoms with Gasteiger partial charge in [-0.15, -0.1) is 0 Å². The molecule has 2 aromatic rings. The Morgan fingerprint density at radius 3 is 2.59 bits per heavy atom. The summed E-state index contributed by atoms with van der Waals surface area (Å²) < 4.78 is 12.3. The van der Waals surface area contributed by atoms with Crippen molar-refractivity contribution in [2.24, 2.45) is 0 Å². The fraction of sp³-hybridized carbons (Fsp3) is 0.0833. The van der Waals surface area contributed by atoms with Crippen LogP contribution in [0.3, 0.4) is 0 Å². The minimum atomic E-state index is 0.300. The summed E-state index contributed by atoms with van der Waals surface area (Å²) in [5, 5.41) is 0. The van der Waals surface area contributed by atoms with Gasteiger partial charge in [0.05, 0.1) is 11.6 Å². The molecule has 0 atom stereocenters.